The van der Waals surface area contributed by atoms with Gasteiger partial charge in [0.05, 0.1) is 6.10 Å². The van der Waals surface area contributed by atoms with E-state index in [9.17, 15) is 19.8 Å². The zero-order valence-electron chi connectivity index (χ0n) is 16.6. The third kappa shape index (κ3) is 4.07. The quantitative estimate of drug-likeness (QED) is 0.681. The smallest absolute Gasteiger partial charge is 0.314 e. The molecule has 1 fully saturated rings. The number of carboxylic acids is 1. The lowest BCUT2D eigenvalue weighted by atomic mass is 9.72. The third-order valence-corrected chi connectivity index (χ3v) is 6.01. The molecule has 28 heavy (non-hydrogen) atoms. The Labute approximate surface area is 165 Å². The molecular weight excluding hydrogens is 356 g/mol. The van der Waals surface area contributed by atoms with Gasteiger partial charge in [-0.15, -0.1) is 0 Å². The standard InChI is InChI=1S/C22H30N2O4/c1-15(2)9-11-22(21(27)28)14-24(12-10-19(22)25)20(26)8-7-16-13-23-18-6-4-3-5-17(16)18/h3-6,13,15,19,23,25H,7-12,14H2,1-2H3,(H,27,28)/t19-,22+/m0/s1. The number of hydrogen-bond acceptors (Lipinski definition) is 3. The second-order valence-electron chi connectivity index (χ2n) is 8.37. The first-order valence-electron chi connectivity index (χ1n) is 10.1. The SMILES string of the molecule is CC(C)CC[C@@]1(C(=O)O)CN(C(=O)CCc2c[nH]c3ccccc23)CC[C@@H]1O. The van der Waals surface area contributed by atoms with Crippen LogP contribution in [0.3, 0.4) is 0 Å². The van der Waals surface area contributed by atoms with Crippen molar-refractivity contribution in [3.63, 3.8) is 0 Å². The lowest BCUT2D eigenvalue weighted by Crippen LogP contribution is -2.57. The van der Waals surface area contributed by atoms with Gasteiger partial charge in [-0.05, 0) is 43.2 Å². The second kappa shape index (κ2) is 8.35. The van der Waals surface area contributed by atoms with Crippen LogP contribution in [0.4, 0.5) is 0 Å². The second-order valence-corrected chi connectivity index (χ2v) is 8.37. The van der Waals surface area contributed by atoms with Gasteiger partial charge in [0.2, 0.25) is 5.91 Å². The van der Waals surface area contributed by atoms with Crippen molar-refractivity contribution in [3.05, 3.63) is 36.0 Å². The summed E-state index contributed by atoms with van der Waals surface area (Å²) >= 11 is 0. The Bertz CT molecular complexity index is 844. The average molecular weight is 386 g/mol. The van der Waals surface area contributed by atoms with E-state index in [0.29, 0.717) is 44.6 Å². The summed E-state index contributed by atoms with van der Waals surface area (Å²) in [5.41, 5.74) is 0.869. The number of carboxylic acid groups (broad SMARTS) is 1. The Morgan fingerprint density at radius 2 is 2.07 bits per heavy atom. The predicted octanol–water partition coefficient (Wildman–Crippen LogP) is 3.20. The molecule has 0 saturated carbocycles. The molecule has 2 aromatic rings. The van der Waals surface area contributed by atoms with Crippen LogP contribution in [0, 0.1) is 11.3 Å². The summed E-state index contributed by atoms with van der Waals surface area (Å²) in [6.07, 6.45) is 3.35. The lowest BCUT2D eigenvalue weighted by Gasteiger charge is -2.43. The molecule has 0 unspecified atom stereocenters. The number of benzene rings is 1. The molecule has 0 bridgehead atoms. The Kier molecular flexibility index (Phi) is 6.08. The van der Waals surface area contributed by atoms with Crippen LogP contribution in [-0.4, -0.2) is 51.2 Å². The van der Waals surface area contributed by atoms with E-state index in [1.807, 2.05) is 44.3 Å². The van der Waals surface area contributed by atoms with E-state index in [4.69, 9.17) is 0 Å². The zero-order chi connectivity index (χ0) is 20.3. The van der Waals surface area contributed by atoms with E-state index >= 15 is 0 Å². The van der Waals surface area contributed by atoms with E-state index in [1.54, 1.807) is 4.90 Å². The lowest BCUT2D eigenvalue weighted by molar-refractivity contribution is -0.167. The first-order valence-corrected chi connectivity index (χ1v) is 10.1. The summed E-state index contributed by atoms with van der Waals surface area (Å²) in [6.45, 7) is 4.57. The van der Waals surface area contributed by atoms with Gasteiger partial charge >= 0.3 is 5.97 Å². The van der Waals surface area contributed by atoms with Gasteiger partial charge in [-0.2, -0.15) is 0 Å². The van der Waals surface area contributed by atoms with Crippen LogP contribution < -0.4 is 0 Å². The number of aliphatic hydroxyl groups is 1. The number of hydrogen-bond donors (Lipinski definition) is 3. The van der Waals surface area contributed by atoms with Crippen molar-refractivity contribution in [1.82, 2.24) is 9.88 Å². The molecule has 1 aliphatic rings. The molecule has 1 amide bonds. The number of aromatic nitrogens is 1. The summed E-state index contributed by atoms with van der Waals surface area (Å²) < 4.78 is 0. The van der Waals surface area contributed by atoms with Crippen molar-refractivity contribution in [3.8, 4) is 0 Å². The highest BCUT2D eigenvalue weighted by molar-refractivity contribution is 5.84. The summed E-state index contributed by atoms with van der Waals surface area (Å²) in [4.78, 5) is 29.7. The van der Waals surface area contributed by atoms with Crippen molar-refractivity contribution in [2.75, 3.05) is 13.1 Å². The van der Waals surface area contributed by atoms with E-state index in [-0.39, 0.29) is 12.5 Å². The molecule has 0 spiro atoms. The highest BCUT2D eigenvalue weighted by atomic mass is 16.4. The molecule has 1 saturated heterocycles. The number of aliphatic hydroxyl groups excluding tert-OH is 1. The minimum Gasteiger partial charge on any atom is -0.481 e. The van der Waals surface area contributed by atoms with Gasteiger partial charge in [0, 0.05) is 36.6 Å². The molecule has 152 valence electrons. The van der Waals surface area contributed by atoms with Crippen LogP contribution in [0.15, 0.2) is 30.5 Å². The molecule has 3 rings (SSSR count). The fourth-order valence-electron chi connectivity index (χ4n) is 4.14. The molecule has 1 aliphatic heterocycles. The number of aliphatic carboxylic acids is 1. The molecule has 1 aromatic heterocycles. The Hall–Kier alpha value is -2.34. The maximum atomic E-state index is 12.8. The van der Waals surface area contributed by atoms with Crippen LogP contribution in [0.2, 0.25) is 0 Å². The minimum absolute atomic E-state index is 0.0487. The van der Waals surface area contributed by atoms with Crippen LogP contribution in [0.25, 0.3) is 10.9 Å². The van der Waals surface area contributed by atoms with E-state index in [1.165, 1.54) is 0 Å². The Morgan fingerprint density at radius 3 is 2.79 bits per heavy atom. The van der Waals surface area contributed by atoms with Crippen molar-refractivity contribution >= 4 is 22.8 Å². The number of aryl methyl sites for hydroxylation is 1. The van der Waals surface area contributed by atoms with Crippen LogP contribution in [0.1, 0.15) is 45.1 Å². The number of rotatable bonds is 7. The largest absolute Gasteiger partial charge is 0.481 e. The maximum absolute atomic E-state index is 12.8. The summed E-state index contributed by atoms with van der Waals surface area (Å²) in [5.74, 6) is -0.710. The van der Waals surface area contributed by atoms with Gasteiger partial charge in [-0.25, -0.2) is 0 Å². The van der Waals surface area contributed by atoms with Crippen molar-refractivity contribution in [2.24, 2.45) is 11.3 Å². The molecule has 2 heterocycles. The number of nitrogens with one attached hydrogen (secondary N) is 1. The van der Waals surface area contributed by atoms with Gasteiger partial charge in [0.1, 0.15) is 5.41 Å². The molecular formula is C22H30N2O4. The first-order chi connectivity index (χ1) is 13.3. The Balaban J connectivity index is 1.68. The zero-order valence-corrected chi connectivity index (χ0v) is 16.6. The number of fused-ring (bicyclic) bond motifs is 1. The predicted molar refractivity (Wildman–Crippen MR) is 108 cm³/mol. The van der Waals surface area contributed by atoms with Crippen LogP contribution in [-0.2, 0) is 16.0 Å². The highest BCUT2D eigenvalue weighted by Crippen LogP contribution is 2.37. The number of carbonyl (C=O) groups is 2. The first kappa shape index (κ1) is 20.4. The number of piperidine rings is 1. The van der Waals surface area contributed by atoms with Crippen molar-refractivity contribution in [2.45, 2.75) is 52.1 Å². The van der Waals surface area contributed by atoms with E-state index < -0.39 is 17.5 Å². The van der Waals surface area contributed by atoms with Gasteiger partial charge in [0.25, 0.3) is 0 Å². The monoisotopic (exact) mass is 386 g/mol. The van der Waals surface area contributed by atoms with Gasteiger partial charge in [-0.1, -0.05) is 32.0 Å². The molecule has 1 aromatic carbocycles. The van der Waals surface area contributed by atoms with Crippen molar-refractivity contribution in [1.29, 1.82) is 0 Å². The number of likely N-dealkylation sites (tertiary alicyclic amines) is 1. The number of para-hydroxylation sites is 1. The number of carbonyl (C=O) groups excluding carboxylic acids is 1. The molecule has 6 nitrogen and oxygen atoms in total. The summed E-state index contributed by atoms with van der Waals surface area (Å²) in [5, 5.41) is 21.5. The molecule has 2 atom stereocenters. The van der Waals surface area contributed by atoms with Gasteiger partial charge < -0.3 is 20.1 Å². The van der Waals surface area contributed by atoms with Crippen LogP contribution in [0.5, 0.6) is 0 Å². The van der Waals surface area contributed by atoms with Gasteiger partial charge in [0.15, 0.2) is 0 Å². The highest BCUT2D eigenvalue weighted by Gasteiger charge is 2.49. The Morgan fingerprint density at radius 1 is 1.32 bits per heavy atom. The molecule has 0 radical (unpaired) electrons. The number of H-pyrrole nitrogens is 1. The third-order valence-electron chi connectivity index (χ3n) is 6.01. The van der Waals surface area contributed by atoms with Crippen molar-refractivity contribution < 1.29 is 19.8 Å². The normalized spacial score (nSPS) is 22.7. The number of nitrogens with zero attached hydrogens (tertiary/aromatic N) is 1. The fraction of sp³-hybridized carbons (Fsp3) is 0.545. The van der Waals surface area contributed by atoms with E-state index in [0.717, 1.165) is 16.5 Å². The summed E-state index contributed by atoms with van der Waals surface area (Å²) in [6, 6.07) is 7.98. The molecule has 6 heteroatoms. The summed E-state index contributed by atoms with van der Waals surface area (Å²) in [7, 11) is 0. The average Bonchev–Trinajstić information content (AvgIpc) is 3.08. The van der Waals surface area contributed by atoms with Gasteiger partial charge in [-0.3, -0.25) is 9.59 Å². The topological polar surface area (TPSA) is 93.6 Å². The molecule has 0 aliphatic carbocycles. The maximum Gasteiger partial charge on any atom is 0.314 e. The van der Waals surface area contributed by atoms with E-state index in [2.05, 4.69) is 4.98 Å². The minimum atomic E-state index is -1.26. The van der Waals surface area contributed by atoms with Crippen LogP contribution >= 0.6 is 0 Å². The molecule has 3 N–H and O–H groups in total. The number of amides is 1. The fourth-order valence-corrected chi connectivity index (χ4v) is 4.14. The number of aromatic amines is 1.